The molecule has 2 nitrogen and oxygen atoms in total. The number of aliphatic hydroxyl groups is 1. The van der Waals surface area contributed by atoms with Crippen molar-refractivity contribution < 1.29 is 9.84 Å². The number of ether oxygens (including phenoxy) is 1. The molecule has 112 valence electrons. The van der Waals surface area contributed by atoms with Gasteiger partial charge in [-0.1, -0.05) is 62.4 Å². The first-order chi connectivity index (χ1) is 10.2. The van der Waals surface area contributed by atoms with Gasteiger partial charge in [0, 0.05) is 6.42 Å². The maximum atomic E-state index is 10.1. The molecule has 0 aliphatic rings. The van der Waals surface area contributed by atoms with E-state index in [4.69, 9.17) is 4.74 Å². The fourth-order valence-corrected chi connectivity index (χ4v) is 2.36. The fourth-order valence-electron chi connectivity index (χ4n) is 2.36. The van der Waals surface area contributed by atoms with E-state index in [1.54, 1.807) is 0 Å². The predicted octanol–water partition coefficient (Wildman–Crippen LogP) is 4.70. The van der Waals surface area contributed by atoms with Crippen molar-refractivity contribution in [1.29, 1.82) is 0 Å². The minimum absolute atomic E-state index is 0.470. The summed E-state index contributed by atoms with van der Waals surface area (Å²) in [6.07, 6.45) is 1.22. The van der Waals surface area contributed by atoms with Gasteiger partial charge in [-0.05, 0) is 29.5 Å². The molecule has 0 fully saturated rings. The third-order valence-electron chi connectivity index (χ3n) is 3.90. The second kappa shape index (κ2) is 7.84. The molecule has 21 heavy (non-hydrogen) atoms. The molecule has 2 aromatic carbocycles. The normalized spacial score (nSPS) is 13.7. The van der Waals surface area contributed by atoms with Crippen LogP contribution in [0.2, 0.25) is 0 Å². The first kappa shape index (κ1) is 15.6. The van der Waals surface area contributed by atoms with Gasteiger partial charge in [0.2, 0.25) is 0 Å². The molecule has 0 aliphatic heterocycles. The summed E-state index contributed by atoms with van der Waals surface area (Å²) in [4.78, 5) is 0. The highest BCUT2D eigenvalue weighted by Crippen LogP contribution is 2.28. The molecule has 0 aliphatic carbocycles. The summed E-state index contributed by atoms with van der Waals surface area (Å²) in [6.45, 7) is 4.91. The van der Waals surface area contributed by atoms with Gasteiger partial charge >= 0.3 is 0 Å². The Morgan fingerprint density at radius 3 is 2.38 bits per heavy atom. The van der Waals surface area contributed by atoms with Crippen molar-refractivity contribution in [2.24, 2.45) is 0 Å². The van der Waals surface area contributed by atoms with Crippen molar-refractivity contribution in [2.45, 2.75) is 38.7 Å². The summed E-state index contributed by atoms with van der Waals surface area (Å²) in [7, 11) is 0. The molecule has 0 bridgehead atoms. The van der Waals surface area contributed by atoms with Crippen molar-refractivity contribution in [3.63, 3.8) is 0 Å². The van der Waals surface area contributed by atoms with E-state index in [9.17, 15) is 5.11 Å². The zero-order chi connectivity index (χ0) is 15.1. The Balaban J connectivity index is 1.92. The largest absolute Gasteiger partial charge is 0.493 e. The van der Waals surface area contributed by atoms with E-state index in [1.807, 2.05) is 48.5 Å². The van der Waals surface area contributed by atoms with Gasteiger partial charge in [-0.2, -0.15) is 0 Å². The smallest absolute Gasteiger partial charge is 0.122 e. The lowest BCUT2D eigenvalue weighted by atomic mass is 9.98. The van der Waals surface area contributed by atoms with Gasteiger partial charge in [0.15, 0.2) is 0 Å². The lowest BCUT2D eigenvalue weighted by Gasteiger charge is -2.17. The van der Waals surface area contributed by atoms with Crippen molar-refractivity contribution in [3.8, 4) is 5.75 Å². The highest BCUT2D eigenvalue weighted by atomic mass is 16.5. The van der Waals surface area contributed by atoms with Crippen LogP contribution in [-0.4, -0.2) is 11.7 Å². The Kier molecular flexibility index (Phi) is 5.82. The number of rotatable bonds is 7. The first-order valence-corrected chi connectivity index (χ1v) is 7.67. The molecule has 0 spiro atoms. The van der Waals surface area contributed by atoms with E-state index < -0.39 is 6.10 Å². The van der Waals surface area contributed by atoms with Crippen LogP contribution in [-0.2, 0) is 0 Å². The number of hydrogen-bond acceptors (Lipinski definition) is 2. The van der Waals surface area contributed by atoms with Crippen molar-refractivity contribution in [3.05, 3.63) is 65.7 Å². The summed E-state index contributed by atoms with van der Waals surface area (Å²) in [6, 6.07) is 17.9. The molecule has 0 heterocycles. The summed E-state index contributed by atoms with van der Waals surface area (Å²) >= 11 is 0. The molecule has 0 saturated heterocycles. The number of benzene rings is 2. The maximum absolute atomic E-state index is 10.1. The lowest BCUT2D eigenvalue weighted by Crippen LogP contribution is -2.07. The summed E-state index contributed by atoms with van der Waals surface area (Å²) in [5.41, 5.74) is 2.19. The molecule has 1 N–H and O–H groups in total. The third-order valence-corrected chi connectivity index (χ3v) is 3.90. The third kappa shape index (κ3) is 4.33. The minimum Gasteiger partial charge on any atom is -0.493 e. The van der Waals surface area contributed by atoms with Gasteiger partial charge in [0.1, 0.15) is 5.75 Å². The first-order valence-electron chi connectivity index (χ1n) is 7.67. The molecule has 0 saturated carbocycles. The van der Waals surface area contributed by atoms with Gasteiger partial charge < -0.3 is 9.84 Å². The molecular weight excluding hydrogens is 260 g/mol. The predicted molar refractivity (Wildman–Crippen MR) is 86.7 cm³/mol. The quantitative estimate of drug-likeness (QED) is 0.798. The molecule has 0 radical (unpaired) electrons. The number of aliphatic hydroxyl groups excluding tert-OH is 1. The molecule has 2 rings (SSSR count). The second-order valence-electron chi connectivity index (χ2n) is 5.41. The standard InChI is InChI=1S/C19H24O2/c1-3-15(2)17-11-7-8-12-19(17)21-14-13-18(20)16-9-5-4-6-10-16/h4-12,15,18,20H,3,13-14H2,1-2H3. The average Bonchev–Trinajstić information content (AvgIpc) is 2.55. The molecule has 2 unspecified atom stereocenters. The maximum Gasteiger partial charge on any atom is 0.122 e. The van der Waals surface area contributed by atoms with Crippen LogP contribution >= 0.6 is 0 Å². The van der Waals surface area contributed by atoms with Gasteiger partial charge in [0.05, 0.1) is 12.7 Å². The molecule has 2 heteroatoms. The molecule has 0 amide bonds. The molecule has 2 aromatic rings. The van der Waals surface area contributed by atoms with Crippen LogP contribution in [0.15, 0.2) is 54.6 Å². The number of hydrogen-bond donors (Lipinski definition) is 1. The fraction of sp³-hybridized carbons (Fsp3) is 0.368. The Labute approximate surface area is 127 Å². The van der Waals surface area contributed by atoms with Gasteiger partial charge in [-0.15, -0.1) is 0 Å². The van der Waals surface area contributed by atoms with Gasteiger partial charge in [0.25, 0.3) is 0 Å². The van der Waals surface area contributed by atoms with Crippen molar-refractivity contribution in [2.75, 3.05) is 6.61 Å². The Morgan fingerprint density at radius 2 is 1.67 bits per heavy atom. The van der Waals surface area contributed by atoms with Crippen LogP contribution < -0.4 is 4.74 Å². The Hall–Kier alpha value is -1.80. The Bertz CT molecular complexity index is 536. The average molecular weight is 284 g/mol. The van der Waals surface area contributed by atoms with Crippen molar-refractivity contribution in [1.82, 2.24) is 0 Å². The van der Waals surface area contributed by atoms with Crippen LogP contribution in [0.3, 0.4) is 0 Å². The van der Waals surface area contributed by atoms with E-state index >= 15 is 0 Å². The van der Waals surface area contributed by atoms with Crippen LogP contribution in [0.25, 0.3) is 0 Å². The van der Waals surface area contributed by atoms with Crippen LogP contribution in [0, 0.1) is 0 Å². The SMILES string of the molecule is CCC(C)c1ccccc1OCCC(O)c1ccccc1. The highest BCUT2D eigenvalue weighted by Gasteiger charge is 2.11. The van der Waals surface area contributed by atoms with Crippen LogP contribution in [0.5, 0.6) is 5.75 Å². The van der Waals surface area contributed by atoms with Crippen LogP contribution in [0.1, 0.15) is 49.8 Å². The summed E-state index contributed by atoms with van der Waals surface area (Å²) < 4.78 is 5.89. The topological polar surface area (TPSA) is 29.5 Å². The lowest BCUT2D eigenvalue weighted by molar-refractivity contribution is 0.140. The Morgan fingerprint density at radius 1 is 1.00 bits per heavy atom. The molecule has 0 aromatic heterocycles. The molecule has 2 atom stereocenters. The van der Waals surface area contributed by atoms with E-state index in [1.165, 1.54) is 5.56 Å². The summed E-state index contributed by atoms with van der Waals surface area (Å²) in [5, 5.41) is 10.1. The van der Waals surface area contributed by atoms with E-state index in [2.05, 4.69) is 19.9 Å². The van der Waals surface area contributed by atoms with Gasteiger partial charge in [-0.25, -0.2) is 0 Å². The highest BCUT2D eigenvalue weighted by molar-refractivity contribution is 5.35. The van der Waals surface area contributed by atoms with Gasteiger partial charge in [-0.3, -0.25) is 0 Å². The second-order valence-corrected chi connectivity index (χ2v) is 5.41. The zero-order valence-electron chi connectivity index (χ0n) is 12.8. The van der Waals surface area contributed by atoms with E-state index in [0.717, 1.165) is 17.7 Å². The summed E-state index contributed by atoms with van der Waals surface area (Å²) in [5.74, 6) is 1.42. The van der Waals surface area contributed by atoms with Crippen molar-refractivity contribution >= 4 is 0 Å². The molecular formula is C19H24O2. The van der Waals surface area contributed by atoms with E-state index in [-0.39, 0.29) is 0 Å². The minimum atomic E-state index is -0.470. The zero-order valence-corrected chi connectivity index (χ0v) is 12.8. The monoisotopic (exact) mass is 284 g/mol. The van der Waals surface area contributed by atoms with Crippen LogP contribution in [0.4, 0.5) is 0 Å². The number of para-hydroxylation sites is 1. The van der Waals surface area contributed by atoms with E-state index in [0.29, 0.717) is 18.9 Å².